The zero-order chi connectivity index (χ0) is 16.9. The number of nitrogens with one attached hydrogen (secondary N) is 1. The van der Waals surface area contributed by atoms with Crippen LogP contribution in [0.15, 0.2) is 41.8 Å². The van der Waals surface area contributed by atoms with Crippen molar-refractivity contribution in [3.8, 4) is 0 Å². The van der Waals surface area contributed by atoms with Gasteiger partial charge in [0.05, 0.1) is 18.1 Å². The van der Waals surface area contributed by atoms with Gasteiger partial charge in [-0.15, -0.1) is 6.58 Å². The van der Waals surface area contributed by atoms with E-state index in [4.69, 9.17) is 4.74 Å². The number of carbonyl (C=O) groups is 1. The number of sulfonamides is 1. The Morgan fingerprint density at radius 2 is 1.96 bits per heavy atom. The minimum Gasteiger partial charge on any atom is -0.378 e. The predicted octanol–water partition coefficient (Wildman–Crippen LogP) is 1.36. The van der Waals surface area contributed by atoms with Crippen LogP contribution < -0.4 is 5.32 Å². The molecule has 1 heterocycles. The van der Waals surface area contributed by atoms with Crippen LogP contribution in [0.4, 0.5) is 10.5 Å². The Kier molecular flexibility index (Phi) is 5.75. The Morgan fingerprint density at radius 3 is 2.52 bits per heavy atom. The van der Waals surface area contributed by atoms with Crippen LogP contribution >= 0.6 is 0 Å². The van der Waals surface area contributed by atoms with Crippen molar-refractivity contribution in [2.45, 2.75) is 4.90 Å². The highest BCUT2D eigenvalue weighted by Gasteiger charge is 2.20. The quantitative estimate of drug-likeness (QED) is 0.822. The van der Waals surface area contributed by atoms with Crippen molar-refractivity contribution in [3.05, 3.63) is 36.9 Å². The number of benzene rings is 1. The van der Waals surface area contributed by atoms with E-state index < -0.39 is 10.0 Å². The average Bonchev–Trinajstić information content (AvgIpc) is 2.56. The van der Waals surface area contributed by atoms with E-state index in [9.17, 15) is 13.2 Å². The SMILES string of the molecule is C=CCN(C)S(=O)(=O)c1ccc(NC(=O)N2CCOCC2)cc1. The summed E-state index contributed by atoms with van der Waals surface area (Å²) in [5.74, 6) is 0. The lowest BCUT2D eigenvalue weighted by atomic mass is 10.3. The number of carbonyl (C=O) groups excluding carboxylic acids is 1. The molecule has 2 amide bonds. The first-order chi connectivity index (χ1) is 10.9. The van der Waals surface area contributed by atoms with E-state index in [1.54, 1.807) is 17.0 Å². The van der Waals surface area contributed by atoms with Gasteiger partial charge in [0.15, 0.2) is 0 Å². The fourth-order valence-electron chi connectivity index (χ4n) is 2.14. The van der Waals surface area contributed by atoms with Crippen molar-refractivity contribution >= 4 is 21.7 Å². The summed E-state index contributed by atoms with van der Waals surface area (Å²) in [5, 5.41) is 2.75. The van der Waals surface area contributed by atoms with E-state index in [2.05, 4.69) is 11.9 Å². The number of amides is 2. The van der Waals surface area contributed by atoms with Crippen molar-refractivity contribution < 1.29 is 17.9 Å². The van der Waals surface area contributed by atoms with Gasteiger partial charge in [-0.05, 0) is 24.3 Å². The molecule has 1 aromatic carbocycles. The highest BCUT2D eigenvalue weighted by molar-refractivity contribution is 7.89. The molecule has 8 heteroatoms. The van der Waals surface area contributed by atoms with Crippen LogP contribution in [0.1, 0.15) is 0 Å². The second kappa shape index (κ2) is 7.58. The summed E-state index contributed by atoms with van der Waals surface area (Å²) in [6, 6.07) is 5.89. The van der Waals surface area contributed by atoms with Crippen LogP contribution in [0.25, 0.3) is 0 Å². The van der Waals surface area contributed by atoms with Crippen LogP contribution in [0.5, 0.6) is 0 Å². The molecule has 0 spiro atoms. The van der Waals surface area contributed by atoms with Crippen LogP contribution in [0.3, 0.4) is 0 Å². The molecule has 0 saturated carbocycles. The van der Waals surface area contributed by atoms with Crippen molar-refractivity contribution in [1.82, 2.24) is 9.21 Å². The molecule has 23 heavy (non-hydrogen) atoms. The summed E-state index contributed by atoms with van der Waals surface area (Å²) in [5.41, 5.74) is 0.548. The molecule has 126 valence electrons. The molecule has 1 saturated heterocycles. The third-order valence-electron chi connectivity index (χ3n) is 3.50. The fourth-order valence-corrected chi connectivity index (χ4v) is 3.28. The first-order valence-corrected chi connectivity index (χ1v) is 8.70. The second-order valence-corrected chi connectivity index (χ2v) is 7.17. The normalized spacial score (nSPS) is 15.5. The van der Waals surface area contributed by atoms with Gasteiger partial charge in [-0.2, -0.15) is 4.31 Å². The van der Waals surface area contributed by atoms with Gasteiger partial charge in [0.2, 0.25) is 10.0 Å². The molecule has 0 aromatic heterocycles. The van der Waals surface area contributed by atoms with E-state index in [1.807, 2.05) is 0 Å². The van der Waals surface area contributed by atoms with Gasteiger partial charge in [0, 0.05) is 32.4 Å². The maximum absolute atomic E-state index is 12.3. The molecule has 7 nitrogen and oxygen atoms in total. The summed E-state index contributed by atoms with van der Waals surface area (Å²) in [7, 11) is -2.05. The third kappa shape index (κ3) is 4.31. The molecule has 1 aliphatic rings. The van der Waals surface area contributed by atoms with Crippen LogP contribution in [0, 0.1) is 0 Å². The van der Waals surface area contributed by atoms with E-state index in [1.165, 1.54) is 29.6 Å². The zero-order valence-electron chi connectivity index (χ0n) is 13.1. The number of likely N-dealkylation sites (N-methyl/N-ethyl adjacent to an activating group) is 1. The fraction of sp³-hybridized carbons (Fsp3) is 0.400. The van der Waals surface area contributed by atoms with Gasteiger partial charge in [-0.1, -0.05) is 6.08 Å². The van der Waals surface area contributed by atoms with E-state index >= 15 is 0 Å². The number of nitrogens with zero attached hydrogens (tertiary/aromatic N) is 2. The van der Waals surface area contributed by atoms with Gasteiger partial charge in [0.25, 0.3) is 0 Å². The smallest absolute Gasteiger partial charge is 0.321 e. The Hall–Kier alpha value is -1.90. The number of hydrogen-bond donors (Lipinski definition) is 1. The van der Waals surface area contributed by atoms with Crippen LogP contribution in [-0.4, -0.2) is 63.5 Å². The molecule has 2 rings (SSSR count). The number of anilines is 1. The van der Waals surface area contributed by atoms with Gasteiger partial charge < -0.3 is 15.0 Å². The van der Waals surface area contributed by atoms with Gasteiger partial charge >= 0.3 is 6.03 Å². The Morgan fingerprint density at radius 1 is 1.35 bits per heavy atom. The van der Waals surface area contributed by atoms with Gasteiger partial charge in [-0.3, -0.25) is 0 Å². The highest BCUT2D eigenvalue weighted by atomic mass is 32.2. The number of ether oxygens (including phenoxy) is 1. The summed E-state index contributed by atoms with van der Waals surface area (Å²) in [6.07, 6.45) is 1.52. The lowest BCUT2D eigenvalue weighted by molar-refractivity contribution is 0.0564. The van der Waals surface area contributed by atoms with Crippen molar-refractivity contribution in [2.24, 2.45) is 0 Å². The minimum absolute atomic E-state index is 0.172. The summed E-state index contributed by atoms with van der Waals surface area (Å²) in [6.45, 7) is 5.91. The predicted molar refractivity (Wildman–Crippen MR) is 87.9 cm³/mol. The maximum atomic E-state index is 12.3. The van der Waals surface area contributed by atoms with Crippen molar-refractivity contribution in [2.75, 3.05) is 45.2 Å². The molecular weight excluding hydrogens is 318 g/mol. The zero-order valence-corrected chi connectivity index (χ0v) is 13.9. The Bertz CT molecular complexity index is 652. The Labute approximate surface area is 136 Å². The second-order valence-electron chi connectivity index (χ2n) is 5.13. The molecule has 1 fully saturated rings. The van der Waals surface area contributed by atoms with E-state index in [-0.39, 0.29) is 17.5 Å². The minimum atomic E-state index is -3.54. The summed E-state index contributed by atoms with van der Waals surface area (Å²) in [4.78, 5) is 13.9. The monoisotopic (exact) mass is 339 g/mol. The molecule has 0 atom stereocenters. The summed E-state index contributed by atoms with van der Waals surface area (Å²) >= 11 is 0. The average molecular weight is 339 g/mol. The van der Waals surface area contributed by atoms with Gasteiger partial charge in [-0.25, -0.2) is 13.2 Å². The number of morpholine rings is 1. The Balaban J connectivity index is 2.04. The molecule has 0 unspecified atom stereocenters. The molecule has 1 N–H and O–H groups in total. The molecule has 0 aliphatic carbocycles. The largest absolute Gasteiger partial charge is 0.378 e. The molecule has 1 aromatic rings. The van der Waals surface area contributed by atoms with Crippen molar-refractivity contribution in [3.63, 3.8) is 0 Å². The molecular formula is C15H21N3O4S. The summed E-state index contributed by atoms with van der Waals surface area (Å²) < 4.78 is 30.9. The lowest BCUT2D eigenvalue weighted by Gasteiger charge is -2.27. The van der Waals surface area contributed by atoms with Crippen LogP contribution in [0.2, 0.25) is 0 Å². The molecule has 1 aliphatic heterocycles. The standard InChI is InChI=1S/C15H21N3O4S/c1-3-8-17(2)23(20,21)14-6-4-13(5-7-14)16-15(19)18-9-11-22-12-10-18/h3-7H,1,8-12H2,2H3,(H,16,19). The first-order valence-electron chi connectivity index (χ1n) is 7.26. The molecule has 0 bridgehead atoms. The van der Waals surface area contributed by atoms with Crippen molar-refractivity contribution in [1.29, 1.82) is 0 Å². The number of rotatable bonds is 5. The van der Waals surface area contributed by atoms with E-state index in [0.29, 0.717) is 32.0 Å². The maximum Gasteiger partial charge on any atom is 0.321 e. The molecule has 0 radical (unpaired) electrons. The first kappa shape index (κ1) is 17.5. The lowest BCUT2D eigenvalue weighted by Crippen LogP contribution is -2.43. The van der Waals surface area contributed by atoms with Gasteiger partial charge in [0.1, 0.15) is 0 Å². The van der Waals surface area contributed by atoms with Crippen LogP contribution in [-0.2, 0) is 14.8 Å². The number of urea groups is 1. The third-order valence-corrected chi connectivity index (χ3v) is 5.34. The number of hydrogen-bond acceptors (Lipinski definition) is 4. The highest BCUT2D eigenvalue weighted by Crippen LogP contribution is 2.18. The topological polar surface area (TPSA) is 79.0 Å². The van der Waals surface area contributed by atoms with E-state index in [0.717, 1.165) is 0 Å².